The van der Waals surface area contributed by atoms with Gasteiger partial charge in [-0.2, -0.15) is 0 Å². The highest BCUT2D eigenvalue weighted by Gasteiger charge is 2.25. The van der Waals surface area contributed by atoms with Crippen molar-refractivity contribution in [3.05, 3.63) is 23.8 Å². The van der Waals surface area contributed by atoms with Crippen LogP contribution >= 0.6 is 0 Å². The molecule has 0 spiro atoms. The molecular formula is C14H21NO3. The first-order chi connectivity index (χ1) is 8.74. The van der Waals surface area contributed by atoms with Crippen LogP contribution in [0.25, 0.3) is 0 Å². The van der Waals surface area contributed by atoms with Gasteiger partial charge in [0.1, 0.15) is 11.5 Å². The molecule has 2 unspecified atom stereocenters. The summed E-state index contributed by atoms with van der Waals surface area (Å²) in [6, 6.07) is 5.69. The second kappa shape index (κ2) is 6.07. The quantitative estimate of drug-likeness (QED) is 0.744. The molecule has 4 nitrogen and oxygen atoms in total. The Bertz CT molecular complexity index is 395. The fraction of sp³-hybridized carbons (Fsp3) is 0.571. The molecule has 1 aliphatic carbocycles. The molecule has 0 aliphatic heterocycles. The molecule has 1 aromatic rings. The molecule has 0 heterocycles. The number of aromatic hydroxyl groups is 1. The van der Waals surface area contributed by atoms with Gasteiger partial charge in [-0.15, -0.1) is 0 Å². The van der Waals surface area contributed by atoms with E-state index in [1.54, 1.807) is 13.2 Å². The first-order valence-electron chi connectivity index (χ1n) is 6.44. The normalized spacial score (nSPS) is 23.2. The van der Waals surface area contributed by atoms with Gasteiger partial charge in [-0.3, -0.25) is 0 Å². The van der Waals surface area contributed by atoms with Gasteiger partial charge in [0.15, 0.2) is 0 Å². The van der Waals surface area contributed by atoms with E-state index < -0.39 is 0 Å². The molecule has 1 aliphatic rings. The predicted molar refractivity (Wildman–Crippen MR) is 69.7 cm³/mol. The number of hydrogen-bond acceptors (Lipinski definition) is 4. The maximum atomic E-state index is 9.85. The molecular weight excluding hydrogens is 230 g/mol. The van der Waals surface area contributed by atoms with Crippen molar-refractivity contribution >= 4 is 0 Å². The van der Waals surface area contributed by atoms with Crippen LogP contribution in [0.4, 0.5) is 0 Å². The van der Waals surface area contributed by atoms with Crippen LogP contribution in [0.3, 0.4) is 0 Å². The summed E-state index contributed by atoms with van der Waals surface area (Å²) in [4.78, 5) is 0. The Morgan fingerprint density at radius 2 is 2.22 bits per heavy atom. The van der Waals surface area contributed by atoms with E-state index in [1.807, 2.05) is 12.1 Å². The number of hydrogen-bond donors (Lipinski definition) is 3. The van der Waals surface area contributed by atoms with E-state index in [4.69, 9.17) is 4.74 Å². The van der Waals surface area contributed by atoms with Crippen LogP contribution in [0.5, 0.6) is 11.5 Å². The van der Waals surface area contributed by atoms with Crippen LogP contribution in [0.15, 0.2) is 18.2 Å². The number of rotatable bonds is 5. The second-order valence-electron chi connectivity index (χ2n) is 4.86. The maximum Gasteiger partial charge on any atom is 0.123 e. The smallest absolute Gasteiger partial charge is 0.123 e. The molecule has 1 fully saturated rings. The van der Waals surface area contributed by atoms with Crippen LogP contribution in [0.2, 0.25) is 0 Å². The lowest BCUT2D eigenvalue weighted by Crippen LogP contribution is -2.33. The molecule has 4 heteroatoms. The minimum atomic E-state index is 0.242. The third kappa shape index (κ3) is 2.94. The van der Waals surface area contributed by atoms with Crippen molar-refractivity contribution in [2.24, 2.45) is 5.92 Å². The molecule has 100 valence electrons. The van der Waals surface area contributed by atoms with Gasteiger partial charge < -0.3 is 20.3 Å². The molecule has 0 radical (unpaired) electrons. The molecule has 1 saturated carbocycles. The Labute approximate surface area is 108 Å². The summed E-state index contributed by atoms with van der Waals surface area (Å²) < 4.78 is 5.05. The number of nitrogens with one attached hydrogen (secondary N) is 1. The Balaban J connectivity index is 1.93. The summed E-state index contributed by atoms with van der Waals surface area (Å²) in [6.07, 6.45) is 3.35. The van der Waals surface area contributed by atoms with Crippen LogP contribution in [0, 0.1) is 5.92 Å². The van der Waals surface area contributed by atoms with Gasteiger partial charge in [-0.1, -0.05) is 12.5 Å². The minimum absolute atomic E-state index is 0.242. The Kier molecular flexibility index (Phi) is 4.44. The van der Waals surface area contributed by atoms with Crippen molar-refractivity contribution in [2.75, 3.05) is 13.7 Å². The number of aliphatic hydroxyl groups excluding tert-OH is 1. The molecule has 0 aromatic heterocycles. The largest absolute Gasteiger partial charge is 0.507 e. The maximum absolute atomic E-state index is 9.85. The zero-order valence-corrected chi connectivity index (χ0v) is 10.7. The van der Waals surface area contributed by atoms with E-state index >= 15 is 0 Å². The highest BCUT2D eigenvalue weighted by Crippen LogP contribution is 2.27. The summed E-state index contributed by atoms with van der Waals surface area (Å²) in [7, 11) is 1.58. The predicted octanol–water partition coefficient (Wildman–Crippen LogP) is 1.65. The van der Waals surface area contributed by atoms with Crippen molar-refractivity contribution in [3.63, 3.8) is 0 Å². The van der Waals surface area contributed by atoms with Crippen molar-refractivity contribution in [1.29, 1.82) is 0 Å². The molecule has 2 atom stereocenters. The fourth-order valence-electron chi connectivity index (χ4n) is 2.59. The van der Waals surface area contributed by atoms with Crippen molar-refractivity contribution in [2.45, 2.75) is 31.8 Å². The van der Waals surface area contributed by atoms with E-state index in [2.05, 4.69) is 5.32 Å². The van der Waals surface area contributed by atoms with E-state index in [0.717, 1.165) is 24.8 Å². The summed E-state index contributed by atoms with van der Waals surface area (Å²) in [6.45, 7) is 0.864. The SMILES string of the molecule is COc1ccc(CNC2CCCC2CO)c(O)c1. The van der Waals surface area contributed by atoms with Crippen molar-refractivity contribution < 1.29 is 14.9 Å². The monoisotopic (exact) mass is 251 g/mol. The second-order valence-corrected chi connectivity index (χ2v) is 4.86. The number of phenols is 1. The fourth-order valence-corrected chi connectivity index (χ4v) is 2.59. The highest BCUT2D eigenvalue weighted by molar-refractivity contribution is 5.39. The summed E-state index contributed by atoms with van der Waals surface area (Å²) in [5.41, 5.74) is 0.861. The van der Waals surface area contributed by atoms with E-state index in [0.29, 0.717) is 24.3 Å². The standard InChI is InChI=1S/C14H21NO3/c1-18-12-6-5-10(14(17)7-12)8-15-13-4-2-3-11(13)9-16/h5-7,11,13,15-17H,2-4,8-9H2,1H3. The summed E-state index contributed by atoms with van der Waals surface area (Å²) >= 11 is 0. The van der Waals surface area contributed by atoms with Gasteiger partial charge in [0.25, 0.3) is 0 Å². The Hall–Kier alpha value is -1.26. The average molecular weight is 251 g/mol. The lowest BCUT2D eigenvalue weighted by atomic mass is 10.0. The summed E-state index contributed by atoms with van der Waals surface area (Å²) in [5.74, 6) is 1.26. The van der Waals surface area contributed by atoms with Gasteiger partial charge in [-0.25, -0.2) is 0 Å². The third-order valence-corrected chi connectivity index (χ3v) is 3.74. The number of ether oxygens (including phenoxy) is 1. The lowest BCUT2D eigenvalue weighted by Gasteiger charge is -2.19. The number of aliphatic hydroxyl groups is 1. The van der Waals surface area contributed by atoms with Crippen LogP contribution in [-0.4, -0.2) is 30.0 Å². The topological polar surface area (TPSA) is 61.7 Å². The van der Waals surface area contributed by atoms with E-state index in [-0.39, 0.29) is 12.4 Å². The molecule has 3 N–H and O–H groups in total. The van der Waals surface area contributed by atoms with Crippen LogP contribution in [-0.2, 0) is 6.54 Å². The first kappa shape index (κ1) is 13.2. The number of methoxy groups -OCH3 is 1. The minimum Gasteiger partial charge on any atom is -0.507 e. The zero-order chi connectivity index (χ0) is 13.0. The highest BCUT2D eigenvalue weighted by atomic mass is 16.5. The van der Waals surface area contributed by atoms with E-state index in [9.17, 15) is 10.2 Å². The number of benzene rings is 1. The Morgan fingerprint density at radius 3 is 2.89 bits per heavy atom. The number of phenolic OH excluding ortho intramolecular Hbond substituents is 1. The summed E-state index contributed by atoms with van der Waals surface area (Å²) in [5, 5.41) is 22.5. The van der Waals surface area contributed by atoms with Gasteiger partial charge in [0, 0.05) is 30.8 Å². The van der Waals surface area contributed by atoms with Gasteiger partial charge in [-0.05, 0) is 24.8 Å². The Morgan fingerprint density at radius 1 is 1.39 bits per heavy atom. The van der Waals surface area contributed by atoms with Crippen LogP contribution < -0.4 is 10.1 Å². The van der Waals surface area contributed by atoms with Gasteiger partial charge >= 0.3 is 0 Å². The lowest BCUT2D eigenvalue weighted by molar-refractivity contribution is 0.205. The van der Waals surface area contributed by atoms with E-state index in [1.165, 1.54) is 0 Å². The molecule has 18 heavy (non-hydrogen) atoms. The average Bonchev–Trinajstić information content (AvgIpc) is 2.84. The van der Waals surface area contributed by atoms with Crippen LogP contribution in [0.1, 0.15) is 24.8 Å². The zero-order valence-electron chi connectivity index (χ0n) is 10.7. The van der Waals surface area contributed by atoms with Gasteiger partial charge in [0.05, 0.1) is 7.11 Å². The first-order valence-corrected chi connectivity index (χ1v) is 6.44. The molecule has 1 aromatic carbocycles. The molecule has 0 bridgehead atoms. The van der Waals surface area contributed by atoms with Gasteiger partial charge in [0.2, 0.25) is 0 Å². The molecule has 0 saturated heterocycles. The molecule has 0 amide bonds. The van der Waals surface area contributed by atoms with Crippen molar-refractivity contribution in [3.8, 4) is 11.5 Å². The molecule has 2 rings (SSSR count). The van der Waals surface area contributed by atoms with Crippen molar-refractivity contribution in [1.82, 2.24) is 5.32 Å². The third-order valence-electron chi connectivity index (χ3n) is 3.74.